The largest absolute Gasteiger partial charge is 0.336 e. The van der Waals surface area contributed by atoms with Crippen LogP contribution >= 0.6 is 0 Å². The summed E-state index contributed by atoms with van der Waals surface area (Å²) in [6.45, 7) is 13.8. The highest BCUT2D eigenvalue weighted by atomic mass is 16.7. The number of rotatable bonds is 3. The van der Waals surface area contributed by atoms with E-state index in [-0.39, 0.29) is 12.1 Å². The zero-order valence-corrected chi connectivity index (χ0v) is 10.2. The Morgan fingerprint density at radius 2 is 2.00 bits per heavy atom. The number of fused-ring (bicyclic) bond motifs is 1. The molecular formula is C12H19N3O. The highest BCUT2D eigenvalue weighted by Gasteiger charge is 2.41. The zero-order chi connectivity index (χ0) is 11.9. The first kappa shape index (κ1) is 11.2. The Hall–Kier alpha value is -1.29. The molecular weight excluding hydrogens is 202 g/mol. The van der Waals surface area contributed by atoms with E-state index >= 15 is 0 Å². The van der Waals surface area contributed by atoms with Crippen LogP contribution in [0.5, 0.6) is 0 Å². The fourth-order valence-corrected chi connectivity index (χ4v) is 2.16. The predicted octanol–water partition coefficient (Wildman–Crippen LogP) is 1.42. The molecule has 0 bridgehead atoms. The number of guanidine groups is 1. The number of hydrogen-bond donors (Lipinski definition) is 0. The van der Waals surface area contributed by atoms with Gasteiger partial charge in [-0.2, -0.15) is 0 Å². The molecule has 2 aliphatic heterocycles. The fourth-order valence-electron chi connectivity index (χ4n) is 2.16. The van der Waals surface area contributed by atoms with Gasteiger partial charge < -0.3 is 4.90 Å². The molecule has 4 heteroatoms. The normalized spacial score (nSPS) is 28.1. The number of hydrogen-bond acceptors (Lipinski definition) is 4. The molecule has 88 valence electrons. The second kappa shape index (κ2) is 3.94. The van der Waals surface area contributed by atoms with Crippen LogP contribution in [0.3, 0.4) is 0 Å². The lowest BCUT2D eigenvalue weighted by atomic mass is 10.1. The molecule has 4 nitrogen and oxygen atoms in total. The van der Waals surface area contributed by atoms with Crippen LogP contribution in [0.4, 0.5) is 0 Å². The van der Waals surface area contributed by atoms with Gasteiger partial charge in [0, 0.05) is 13.1 Å². The average molecular weight is 221 g/mol. The van der Waals surface area contributed by atoms with Crippen molar-refractivity contribution in [3.8, 4) is 0 Å². The molecule has 1 fully saturated rings. The van der Waals surface area contributed by atoms with Crippen molar-refractivity contribution < 1.29 is 4.84 Å². The second-order valence-corrected chi connectivity index (χ2v) is 4.57. The second-order valence-electron chi connectivity index (χ2n) is 4.57. The van der Waals surface area contributed by atoms with E-state index < -0.39 is 0 Å². The van der Waals surface area contributed by atoms with Gasteiger partial charge in [-0.3, -0.25) is 4.84 Å². The number of aliphatic imine (C=N–C) groups is 1. The zero-order valence-electron chi connectivity index (χ0n) is 10.2. The Balaban J connectivity index is 2.22. The smallest absolute Gasteiger partial charge is 0.222 e. The van der Waals surface area contributed by atoms with E-state index in [1.165, 1.54) is 0 Å². The van der Waals surface area contributed by atoms with Crippen LogP contribution in [0.1, 0.15) is 13.8 Å². The average Bonchev–Trinajstić information content (AvgIpc) is 2.72. The van der Waals surface area contributed by atoms with Crippen LogP contribution in [-0.2, 0) is 4.84 Å². The Kier molecular flexibility index (Phi) is 2.76. The van der Waals surface area contributed by atoms with E-state index in [1.54, 1.807) is 7.11 Å². The van der Waals surface area contributed by atoms with Crippen molar-refractivity contribution in [3.63, 3.8) is 0 Å². The summed E-state index contributed by atoms with van der Waals surface area (Å²) in [5.41, 5.74) is 2.20. The highest BCUT2D eigenvalue weighted by Crippen LogP contribution is 2.27. The van der Waals surface area contributed by atoms with Gasteiger partial charge >= 0.3 is 0 Å². The first-order valence-electron chi connectivity index (χ1n) is 5.51. The molecule has 0 N–H and O–H groups in total. The van der Waals surface area contributed by atoms with Crippen molar-refractivity contribution in [1.29, 1.82) is 0 Å². The van der Waals surface area contributed by atoms with Crippen molar-refractivity contribution in [2.24, 2.45) is 4.99 Å². The molecule has 1 saturated heterocycles. The molecule has 2 rings (SSSR count). The van der Waals surface area contributed by atoms with Crippen LogP contribution in [0, 0.1) is 0 Å². The molecule has 0 aromatic heterocycles. The molecule has 0 amide bonds. The first-order valence-corrected chi connectivity index (χ1v) is 5.51. The minimum atomic E-state index is 0.207. The molecule has 0 saturated carbocycles. The number of hydroxylamine groups is 2. The lowest BCUT2D eigenvalue weighted by Crippen LogP contribution is -2.34. The van der Waals surface area contributed by atoms with Crippen LogP contribution in [-0.4, -0.2) is 48.2 Å². The van der Waals surface area contributed by atoms with Gasteiger partial charge in [-0.15, -0.1) is 0 Å². The third kappa shape index (κ3) is 1.63. The molecule has 0 aromatic carbocycles. The van der Waals surface area contributed by atoms with E-state index in [4.69, 9.17) is 4.84 Å². The van der Waals surface area contributed by atoms with Crippen LogP contribution in [0.25, 0.3) is 0 Å². The summed E-state index contributed by atoms with van der Waals surface area (Å²) in [6.07, 6.45) is 0. The van der Waals surface area contributed by atoms with E-state index in [0.29, 0.717) is 0 Å². The molecule has 2 aliphatic rings. The molecule has 0 aliphatic carbocycles. The summed E-state index contributed by atoms with van der Waals surface area (Å²) in [5, 5.41) is 1.85. The summed E-state index contributed by atoms with van der Waals surface area (Å²) in [7, 11) is 1.68. The standard InChI is InChI=1S/C12H19N3O/c1-8(2)10-6-14-7-11(9(3)4)15(16-5)12(14)13-10/h10-11H,1,3,6-7H2,2,4-5H3. The quantitative estimate of drug-likeness (QED) is 0.675. The van der Waals surface area contributed by atoms with Gasteiger partial charge in [-0.05, 0) is 13.8 Å². The molecule has 2 atom stereocenters. The van der Waals surface area contributed by atoms with Gasteiger partial charge in [0.1, 0.15) is 0 Å². The molecule has 16 heavy (non-hydrogen) atoms. The Morgan fingerprint density at radius 3 is 2.50 bits per heavy atom. The van der Waals surface area contributed by atoms with Crippen molar-refractivity contribution in [1.82, 2.24) is 9.96 Å². The van der Waals surface area contributed by atoms with Gasteiger partial charge in [0.15, 0.2) is 0 Å². The molecule has 2 unspecified atom stereocenters. The van der Waals surface area contributed by atoms with Crippen molar-refractivity contribution in [2.45, 2.75) is 25.9 Å². The lowest BCUT2D eigenvalue weighted by molar-refractivity contribution is -0.0756. The third-order valence-electron chi connectivity index (χ3n) is 3.16. The fraction of sp³-hybridized carbons (Fsp3) is 0.583. The van der Waals surface area contributed by atoms with Crippen molar-refractivity contribution in [2.75, 3.05) is 20.2 Å². The Labute approximate surface area is 96.8 Å². The minimum Gasteiger partial charge on any atom is -0.336 e. The topological polar surface area (TPSA) is 28.1 Å². The lowest BCUT2D eigenvalue weighted by Gasteiger charge is -2.22. The summed E-state index contributed by atoms with van der Waals surface area (Å²) in [4.78, 5) is 12.3. The maximum absolute atomic E-state index is 5.40. The van der Waals surface area contributed by atoms with Gasteiger partial charge in [-0.1, -0.05) is 24.3 Å². The molecule has 0 spiro atoms. The van der Waals surface area contributed by atoms with Crippen LogP contribution < -0.4 is 0 Å². The van der Waals surface area contributed by atoms with Crippen molar-refractivity contribution >= 4 is 5.96 Å². The van der Waals surface area contributed by atoms with E-state index in [2.05, 4.69) is 23.1 Å². The Morgan fingerprint density at radius 1 is 1.31 bits per heavy atom. The monoisotopic (exact) mass is 221 g/mol. The first-order chi connectivity index (χ1) is 7.54. The van der Waals surface area contributed by atoms with Crippen molar-refractivity contribution in [3.05, 3.63) is 24.3 Å². The summed E-state index contributed by atoms with van der Waals surface area (Å²) in [5.74, 6) is 0.920. The van der Waals surface area contributed by atoms with Gasteiger partial charge in [0.05, 0.1) is 19.2 Å². The summed E-state index contributed by atoms with van der Waals surface area (Å²) >= 11 is 0. The molecule has 0 aromatic rings. The van der Waals surface area contributed by atoms with Gasteiger partial charge in [-0.25, -0.2) is 10.1 Å². The van der Waals surface area contributed by atoms with Gasteiger partial charge in [0.2, 0.25) is 5.96 Å². The highest BCUT2D eigenvalue weighted by molar-refractivity contribution is 5.84. The number of nitrogens with zero attached hydrogens (tertiary/aromatic N) is 3. The minimum absolute atomic E-state index is 0.207. The van der Waals surface area contributed by atoms with E-state index in [9.17, 15) is 0 Å². The summed E-state index contributed by atoms with van der Waals surface area (Å²) < 4.78 is 0. The predicted molar refractivity (Wildman–Crippen MR) is 65.1 cm³/mol. The summed E-state index contributed by atoms with van der Waals surface area (Å²) in [6, 6.07) is 0.425. The SMILES string of the molecule is C=C(C)C1CN2CC(C(=C)C)N(OC)C2=N1. The van der Waals surface area contributed by atoms with Gasteiger partial charge in [0.25, 0.3) is 0 Å². The molecule has 2 heterocycles. The third-order valence-corrected chi connectivity index (χ3v) is 3.16. The van der Waals surface area contributed by atoms with E-state index in [1.807, 2.05) is 18.9 Å². The maximum atomic E-state index is 5.40. The maximum Gasteiger partial charge on any atom is 0.222 e. The van der Waals surface area contributed by atoms with Crippen LogP contribution in [0.15, 0.2) is 29.3 Å². The molecule has 0 radical (unpaired) electrons. The van der Waals surface area contributed by atoms with Crippen LogP contribution in [0.2, 0.25) is 0 Å². The van der Waals surface area contributed by atoms with E-state index in [0.717, 1.165) is 30.2 Å². The Bertz CT molecular complexity index is 361.